The SMILES string of the molecule is NC(=NOP(=O)(O)OP(=O)(O)O)NS. The molecule has 0 spiro atoms. The quantitative estimate of drug-likeness (QED) is 0.122. The Labute approximate surface area is 83.5 Å². The van der Waals surface area contributed by atoms with Crippen molar-refractivity contribution >= 4 is 34.4 Å². The van der Waals surface area contributed by atoms with Crippen LogP contribution in [0.1, 0.15) is 0 Å². The Bertz CT molecular complexity index is 310. The second-order valence-corrected chi connectivity index (χ2v) is 4.67. The lowest BCUT2D eigenvalue weighted by atomic mass is 11.1. The van der Waals surface area contributed by atoms with Gasteiger partial charge in [-0.25, -0.2) is 9.13 Å². The van der Waals surface area contributed by atoms with E-state index < -0.39 is 21.6 Å². The molecule has 1 atom stereocenters. The summed E-state index contributed by atoms with van der Waals surface area (Å²) in [6.45, 7) is 0. The summed E-state index contributed by atoms with van der Waals surface area (Å²) in [5.74, 6) is -0.503. The predicted molar refractivity (Wildman–Crippen MR) is 47.8 cm³/mol. The first-order chi connectivity index (χ1) is 6.16. The minimum atomic E-state index is -5.14. The molecule has 0 amide bonds. The predicted octanol–water partition coefficient (Wildman–Crippen LogP) is -1.12. The van der Waals surface area contributed by atoms with Crippen LogP contribution in [0.25, 0.3) is 0 Å². The molecule has 0 fully saturated rings. The molecular weight excluding hydrogens is 260 g/mol. The summed E-state index contributed by atoms with van der Waals surface area (Å²) in [5, 5.41) is 2.72. The van der Waals surface area contributed by atoms with Crippen molar-refractivity contribution in [2.45, 2.75) is 0 Å². The van der Waals surface area contributed by atoms with Crippen LogP contribution in [0, 0.1) is 0 Å². The Morgan fingerprint density at radius 1 is 1.43 bits per heavy atom. The van der Waals surface area contributed by atoms with Gasteiger partial charge in [0, 0.05) is 0 Å². The lowest BCUT2D eigenvalue weighted by Gasteiger charge is -2.08. The first kappa shape index (κ1) is 13.7. The number of nitrogens with two attached hydrogens (primary N) is 1. The Morgan fingerprint density at radius 2 is 1.93 bits per heavy atom. The van der Waals surface area contributed by atoms with E-state index in [1.165, 1.54) is 0 Å². The van der Waals surface area contributed by atoms with Crippen LogP contribution in [0.3, 0.4) is 0 Å². The molecule has 0 aliphatic carbocycles. The van der Waals surface area contributed by atoms with Crippen molar-refractivity contribution in [1.29, 1.82) is 0 Å². The van der Waals surface area contributed by atoms with Gasteiger partial charge in [-0.2, -0.15) is 4.31 Å². The molecular formula is CH7N3O7P2S. The third kappa shape index (κ3) is 7.15. The van der Waals surface area contributed by atoms with Gasteiger partial charge in [-0.15, -0.1) is 0 Å². The van der Waals surface area contributed by atoms with Crippen LogP contribution < -0.4 is 10.5 Å². The molecule has 1 unspecified atom stereocenters. The summed E-state index contributed by atoms with van der Waals surface area (Å²) in [7, 11) is -10.1. The normalized spacial score (nSPS) is 17.3. The topological polar surface area (TPSA) is 164 Å². The van der Waals surface area contributed by atoms with Gasteiger partial charge in [0.1, 0.15) is 0 Å². The third-order valence-electron chi connectivity index (χ3n) is 0.566. The van der Waals surface area contributed by atoms with Crippen molar-refractivity contribution in [2.75, 3.05) is 0 Å². The highest BCUT2D eigenvalue weighted by Crippen LogP contribution is 2.57. The van der Waals surface area contributed by atoms with Crippen LogP contribution in [-0.2, 0) is 18.1 Å². The summed E-state index contributed by atoms with van der Waals surface area (Å²) >= 11 is 3.38. The maximum atomic E-state index is 10.7. The van der Waals surface area contributed by atoms with Gasteiger partial charge in [0.25, 0.3) is 0 Å². The van der Waals surface area contributed by atoms with Crippen LogP contribution in [0.2, 0.25) is 0 Å². The fraction of sp³-hybridized carbons (Fsp3) is 0. The minimum absolute atomic E-state index is 0.503. The average molecular weight is 267 g/mol. The Hall–Kier alpha value is -0.280. The molecule has 0 aromatic heterocycles. The Balaban J connectivity index is 4.37. The smallest absolute Gasteiger partial charge is 0.366 e. The lowest BCUT2D eigenvalue weighted by molar-refractivity contribution is 0.183. The number of nitrogens with one attached hydrogen (secondary N) is 1. The van der Waals surface area contributed by atoms with E-state index in [0.29, 0.717) is 0 Å². The third-order valence-corrected chi connectivity index (χ3v) is 2.76. The van der Waals surface area contributed by atoms with E-state index in [1.54, 1.807) is 0 Å². The molecule has 0 rings (SSSR count). The lowest BCUT2D eigenvalue weighted by Crippen LogP contribution is -2.23. The number of hydrogen-bond donors (Lipinski definition) is 6. The second kappa shape index (κ2) is 4.99. The summed E-state index contributed by atoms with van der Waals surface area (Å²) in [6, 6.07) is 0. The molecule has 6 N–H and O–H groups in total. The fourth-order valence-corrected chi connectivity index (χ4v) is 1.69. The number of rotatable bonds is 4. The number of phosphoric acid groups is 2. The Morgan fingerprint density at radius 3 is 2.29 bits per heavy atom. The standard InChI is InChI=1S/CH7N3O7P2S/c2-1(4-14)3-10-13(8,9)11-12(5,6)7/h14H,(H,8,9)(H3,2,3,4)(H2,5,6,7). The van der Waals surface area contributed by atoms with Crippen LogP contribution in [0.15, 0.2) is 5.16 Å². The second-order valence-electron chi connectivity index (χ2n) is 1.71. The molecule has 0 saturated carbocycles. The van der Waals surface area contributed by atoms with Crippen molar-refractivity contribution in [3.8, 4) is 0 Å². The van der Waals surface area contributed by atoms with Crippen LogP contribution in [-0.4, -0.2) is 20.6 Å². The maximum Gasteiger partial charge on any atom is 0.556 e. The molecule has 0 aliphatic rings. The number of thiol groups is 1. The number of guanidine groups is 1. The molecule has 0 heterocycles. The van der Waals surface area contributed by atoms with Crippen molar-refractivity contribution in [3.63, 3.8) is 0 Å². The molecule has 84 valence electrons. The fourth-order valence-electron chi connectivity index (χ4n) is 0.265. The van der Waals surface area contributed by atoms with E-state index in [1.807, 2.05) is 4.72 Å². The highest BCUT2D eigenvalue weighted by atomic mass is 32.1. The maximum absolute atomic E-state index is 10.7. The van der Waals surface area contributed by atoms with Crippen molar-refractivity contribution in [3.05, 3.63) is 0 Å². The first-order valence-corrected chi connectivity index (χ1v) is 6.15. The molecule has 0 aromatic rings. The molecule has 0 bridgehead atoms. The molecule has 13 heteroatoms. The molecule has 0 aliphatic heterocycles. The van der Waals surface area contributed by atoms with Crippen molar-refractivity contribution < 1.29 is 32.7 Å². The highest BCUT2D eigenvalue weighted by molar-refractivity contribution is 7.78. The number of nitrogens with zero attached hydrogens (tertiary/aromatic N) is 1. The molecule has 0 radical (unpaired) electrons. The van der Waals surface area contributed by atoms with E-state index in [2.05, 4.69) is 26.9 Å². The van der Waals surface area contributed by atoms with Crippen LogP contribution in [0.5, 0.6) is 0 Å². The summed E-state index contributed by atoms with van der Waals surface area (Å²) < 4.78 is 29.7. The van der Waals surface area contributed by atoms with Gasteiger partial charge in [0.2, 0.25) is 5.96 Å². The van der Waals surface area contributed by atoms with E-state index in [-0.39, 0.29) is 0 Å². The minimum Gasteiger partial charge on any atom is -0.366 e. The first-order valence-electron chi connectivity index (χ1n) is 2.68. The van der Waals surface area contributed by atoms with Gasteiger partial charge in [-0.1, -0.05) is 12.8 Å². The van der Waals surface area contributed by atoms with Gasteiger partial charge >= 0.3 is 15.6 Å². The zero-order valence-corrected chi connectivity index (χ0v) is 9.02. The molecule has 14 heavy (non-hydrogen) atoms. The molecule has 10 nitrogen and oxygen atoms in total. The van der Waals surface area contributed by atoms with Crippen LogP contribution >= 0.6 is 28.5 Å². The van der Waals surface area contributed by atoms with Crippen molar-refractivity contribution in [1.82, 2.24) is 4.72 Å². The van der Waals surface area contributed by atoms with E-state index in [4.69, 9.17) is 20.4 Å². The van der Waals surface area contributed by atoms with Crippen molar-refractivity contribution in [2.24, 2.45) is 10.9 Å². The summed E-state index contributed by atoms with van der Waals surface area (Å²) in [4.78, 5) is 24.9. The zero-order valence-electron chi connectivity index (χ0n) is 6.34. The summed E-state index contributed by atoms with van der Waals surface area (Å²) in [6.07, 6.45) is 0. The highest BCUT2D eigenvalue weighted by Gasteiger charge is 2.33. The number of hydrogen-bond acceptors (Lipinski definition) is 6. The average Bonchev–Trinajstić information content (AvgIpc) is 1.96. The van der Waals surface area contributed by atoms with Gasteiger partial charge < -0.3 is 20.2 Å². The zero-order chi connectivity index (χ0) is 11.4. The van der Waals surface area contributed by atoms with E-state index >= 15 is 0 Å². The van der Waals surface area contributed by atoms with E-state index in [0.717, 1.165) is 0 Å². The van der Waals surface area contributed by atoms with E-state index in [9.17, 15) is 9.13 Å². The largest absolute Gasteiger partial charge is 0.556 e. The van der Waals surface area contributed by atoms with Gasteiger partial charge in [0.15, 0.2) is 0 Å². The van der Waals surface area contributed by atoms with Gasteiger partial charge in [0.05, 0.1) is 0 Å². The monoisotopic (exact) mass is 267 g/mol. The summed E-state index contributed by atoms with van der Waals surface area (Å²) in [5.41, 5.74) is 4.90. The van der Waals surface area contributed by atoms with Gasteiger partial charge in [-0.05, 0) is 5.16 Å². The molecule has 0 saturated heterocycles. The van der Waals surface area contributed by atoms with Gasteiger partial charge in [-0.3, -0.25) is 9.52 Å². The Kier molecular flexibility index (Phi) is 4.89. The van der Waals surface area contributed by atoms with Crippen LogP contribution in [0.4, 0.5) is 0 Å². The number of oxime groups is 1. The molecule has 0 aromatic carbocycles.